The molecular weight excluding hydrogens is 98.1 g/mol. The first-order chi connectivity index (χ1) is 3.31. The molecule has 0 nitrogen and oxygen atoms in total. The molecular formula is C5H6F2. The van der Waals surface area contributed by atoms with Gasteiger partial charge in [0.15, 0.2) is 6.17 Å². The van der Waals surface area contributed by atoms with Gasteiger partial charge in [0.2, 0.25) is 0 Å². The lowest BCUT2D eigenvalue weighted by Gasteiger charge is -1.86. The maximum Gasteiger partial charge on any atom is 0.163 e. The summed E-state index contributed by atoms with van der Waals surface area (Å²) in [4.78, 5) is 0. The summed E-state index contributed by atoms with van der Waals surface area (Å²) >= 11 is 0. The van der Waals surface area contributed by atoms with E-state index in [9.17, 15) is 8.78 Å². The summed E-state index contributed by atoms with van der Waals surface area (Å²) in [7, 11) is 0. The van der Waals surface area contributed by atoms with Crippen molar-refractivity contribution in [1.29, 1.82) is 0 Å². The molecule has 40 valence electrons. The van der Waals surface area contributed by atoms with Gasteiger partial charge in [0.1, 0.15) is 6.17 Å². The van der Waals surface area contributed by atoms with Gasteiger partial charge in [-0.1, -0.05) is 6.92 Å². The van der Waals surface area contributed by atoms with Crippen LogP contribution in [-0.4, -0.2) is 6.17 Å². The van der Waals surface area contributed by atoms with E-state index in [4.69, 9.17) is 0 Å². The molecule has 0 N–H and O–H groups in total. The Hall–Kier alpha value is -0.580. The largest absolute Gasteiger partial charge is 0.233 e. The summed E-state index contributed by atoms with van der Waals surface area (Å²) in [6.45, 7) is 1.61. The highest BCUT2D eigenvalue weighted by Gasteiger charge is 1.92. The Kier molecular flexibility index (Phi) is 3.31. The Morgan fingerprint density at radius 2 is 2.29 bits per heavy atom. The average molecular weight is 104 g/mol. The minimum absolute atomic E-state index is 0.261. The third-order valence-corrected chi connectivity index (χ3v) is 0.570. The Bertz CT molecular complexity index is 88.0. The summed E-state index contributed by atoms with van der Waals surface area (Å²) < 4.78 is 22.5. The van der Waals surface area contributed by atoms with Crippen LogP contribution < -0.4 is 0 Å². The molecule has 0 fully saturated rings. The van der Waals surface area contributed by atoms with Crippen molar-refractivity contribution in [2.45, 2.75) is 19.5 Å². The summed E-state index contributed by atoms with van der Waals surface area (Å²) in [5.74, 6) is 1.71. The van der Waals surface area contributed by atoms with Crippen LogP contribution in [-0.2, 0) is 0 Å². The molecule has 1 unspecified atom stereocenters. The fourth-order valence-corrected chi connectivity index (χ4v) is 0.161. The van der Waals surface area contributed by atoms with Crippen molar-refractivity contribution in [1.82, 2.24) is 0 Å². The minimum atomic E-state index is -1.29. The number of rotatable bonds is 1. The van der Waals surface area contributed by atoms with Crippen LogP contribution in [0, 0.1) is 12.1 Å². The molecule has 0 aromatic heterocycles. The van der Waals surface area contributed by atoms with Gasteiger partial charge in [0.05, 0.1) is 0 Å². The first-order valence-electron chi connectivity index (χ1n) is 2.06. The van der Waals surface area contributed by atoms with E-state index in [1.165, 1.54) is 0 Å². The van der Waals surface area contributed by atoms with Gasteiger partial charge in [-0.3, -0.25) is 0 Å². The fourth-order valence-electron chi connectivity index (χ4n) is 0.161. The molecule has 0 aromatic carbocycles. The van der Waals surface area contributed by atoms with Gasteiger partial charge in [-0.05, 0) is 12.3 Å². The number of hydrogen-bond donors (Lipinski definition) is 0. The van der Waals surface area contributed by atoms with Gasteiger partial charge in [0.25, 0.3) is 0 Å². The molecule has 0 aliphatic carbocycles. The Morgan fingerprint density at radius 1 is 1.71 bits per heavy atom. The van der Waals surface area contributed by atoms with Crippen LogP contribution in [0.1, 0.15) is 13.3 Å². The van der Waals surface area contributed by atoms with Gasteiger partial charge < -0.3 is 0 Å². The second-order valence-electron chi connectivity index (χ2n) is 1.11. The number of halogens is 2. The van der Waals surface area contributed by atoms with Crippen LogP contribution in [0.2, 0.25) is 0 Å². The van der Waals surface area contributed by atoms with E-state index in [1.54, 1.807) is 12.8 Å². The van der Waals surface area contributed by atoms with Crippen molar-refractivity contribution in [2.24, 2.45) is 0 Å². The molecule has 0 spiro atoms. The number of hydrogen-bond acceptors (Lipinski definition) is 0. The molecule has 0 amide bonds. The SMILES string of the molecule is CCC(F)C#CF. The predicted octanol–water partition coefficient (Wildman–Crippen LogP) is 1.66. The Labute approximate surface area is 41.5 Å². The molecule has 0 aliphatic heterocycles. The third-order valence-electron chi connectivity index (χ3n) is 0.570. The topological polar surface area (TPSA) is 0 Å². The molecule has 0 radical (unpaired) electrons. The monoisotopic (exact) mass is 104 g/mol. The lowest BCUT2D eigenvalue weighted by atomic mass is 10.3. The van der Waals surface area contributed by atoms with Crippen molar-refractivity contribution in [2.75, 3.05) is 0 Å². The zero-order valence-electron chi connectivity index (χ0n) is 4.04. The molecule has 0 rings (SSSR count). The van der Waals surface area contributed by atoms with Crippen LogP contribution in [0.5, 0.6) is 0 Å². The van der Waals surface area contributed by atoms with Gasteiger partial charge in [-0.2, -0.15) is 0 Å². The predicted molar refractivity (Wildman–Crippen MR) is 24.1 cm³/mol. The van der Waals surface area contributed by atoms with Crippen LogP contribution in [0.4, 0.5) is 8.78 Å². The normalized spacial score (nSPS) is 11.9. The smallest absolute Gasteiger partial charge is 0.163 e. The molecule has 2 heteroatoms. The van der Waals surface area contributed by atoms with Gasteiger partial charge in [-0.25, -0.2) is 4.39 Å². The molecule has 0 aliphatic rings. The summed E-state index contributed by atoms with van der Waals surface area (Å²) in [6.07, 6.45) is -0.0328. The molecule has 0 saturated heterocycles. The molecule has 0 heterocycles. The highest BCUT2D eigenvalue weighted by molar-refractivity contribution is 4.97. The summed E-state index contributed by atoms with van der Waals surface area (Å²) in [5, 5.41) is 0. The highest BCUT2D eigenvalue weighted by Crippen LogP contribution is 1.91. The van der Waals surface area contributed by atoms with E-state index in [0.29, 0.717) is 0 Å². The lowest BCUT2D eigenvalue weighted by Crippen LogP contribution is -1.89. The standard InChI is InChI=1S/C5H6F2/c1-2-5(7)3-4-6/h5H,2H2,1H3. The zero-order chi connectivity index (χ0) is 5.70. The van der Waals surface area contributed by atoms with Crippen molar-refractivity contribution >= 4 is 0 Å². The van der Waals surface area contributed by atoms with Crippen molar-refractivity contribution < 1.29 is 8.78 Å². The van der Waals surface area contributed by atoms with E-state index in [2.05, 4.69) is 0 Å². The van der Waals surface area contributed by atoms with Crippen LogP contribution >= 0.6 is 0 Å². The Morgan fingerprint density at radius 3 is 2.43 bits per heavy atom. The quantitative estimate of drug-likeness (QED) is 0.444. The minimum Gasteiger partial charge on any atom is -0.233 e. The second-order valence-corrected chi connectivity index (χ2v) is 1.11. The number of alkyl halides is 1. The van der Waals surface area contributed by atoms with Crippen molar-refractivity contribution in [3.8, 4) is 12.1 Å². The van der Waals surface area contributed by atoms with E-state index in [-0.39, 0.29) is 6.42 Å². The van der Waals surface area contributed by atoms with E-state index in [0.717, 1.165) is 6.17 Å². The summed E-state index contributed by atoms with van der Waals surface area (Å²) in [5.41, 5.74) is 0. The van der Waals surface area contributed by atoms with E-state index in [1.807, 2.05) is 0 Å². The molecule has 0 aromatic rings. The third kappa shape index (κ3) is 3.24. The van der Waals surface area contributed by atoms with Gasteiger partial charge in [-0.15, -0.1) is 4.39 Å². The highest BCUT2D eigenvalue weighted by atomic mass is 19.1. The maximum absolute atomic E-state index is 11.7. The van der Waals surface area contributed by atoms with Crippen LogP contribution in [0.15, 0.2) is 0 Å². The van der Waals surface area contributed by atoms with E-state index >= 15 is 0 Å². The van der Waals surface area contributed by atoms with Gasteiger partial charge in [0, 0.05) is 0 Å². The van der Waals surface area contributed by atoms with Crippen molar-refractivity contribution in [3.05, 3.63) is 0 Å². The van der Waals surface area contributed by atoms with Gasteiger partial charge >= 0.3 is 0 Å². The van der Waals surface area contributed by atoms with Crippen LogP contribution in [0.25, 0.3) is 0 Å². The molecule has 0 saturated carbocycles. The molecule has 1 atom stereocenters. The van der Waals surface area contributed by atoms with E-state index < -0.39 is 6.17 Å². The zero-order valence-corrected chi connectivity index (χ0v) is 4.04. The average Bonchev–Trinajstić information content (AvgIpc) is 1.68. The fraction of sp³-hybridized carbons (Fsp3) is 0.600. The van der Waals surface area contributed by atoms with Crippen molar-refractivity contribution in [3.63, 3.8) is 0 Å². The first-order valence-corrected chi connectivity index (χ1v) is 2.06. The first kappa shape index (κ1) is 6.42. The second kappa shape index (κ2) is 3.60. The lowest BCUT2D eigenvalue weighted by molar-refractivity contribution is 0.402. The molecule has 0 bridgehead atoms. The maximum atomic E-state index is 11.7. The van der Waals surface area contributed by atoms with Crippen LogP contribution in [0.3, 0.4) is 0 Å². The summed E-state index contributed by atoms with van der Waals surface area (Å²) in [6, 6.07) is 0. The molecule has 7 heavy (non-hydrogen) atoms. The Balaban J connectivity index is 3.29.